The summed E-state index contributed by atoms with van der Waals surface area (Å²) in [6.45, 7) is 2.11. The van der Waals surface area contributed by atoms with E-state index >= 15 is 0 Å². The summed E-state index contributed by atoms with van der Waals surface area (Å²) in [4.78, 5) is 18.7. The van der Waals surface area contributed by atoms with Gasteiger partial charge in [0.2, 0.25) is 5.91 Å². The van der Waals surface area contributed by atoms with Gasteiger partial charge >= 0.3 is 0 Å². The third-order valence-corrected chi connectivity index (χ3v) is 5.05. The smallest absolute Gasteiger partial charge is 0.242 e. The van der Waals surface area contributed by atoms with Crippen LogP contribution in [0.2, 0.25) is 0 Å². The molecule has 1 amide bonds. The quantitative estimate of drug-likeness (QED) is 0.577. The number of amides is 1. The lowest BCUT2D eigenvalue weighted by atomic mass is 10.00. The van der Waals surface area contributed by atoms with Crippen LogP contribution in [-0.2, 0) is 24.3 Å². The molecular formula is C22H28N4O3. The number of rotatable bonds is 6. The summed E-state index contributed by atoms with van der Waals surface area (Å²) in [5.41, 5.74) is 3.52. The second-order valence-corrected chi connectivity index (χ2v) is 6.79. The van der Waals surface area contributed by atoms with Crippen LogP contribution in [0.25, 0.3) is 0 Å². The molecule has 0 saturated heterocycles. The first kappa shape index (κ1) is 20.5. The lowest BCUT2D eigenvalue weighted by Gasteiger charge is -2.29. The van der Waals surface area contributed by atoms with Crippen LogP contribution in [0.4, 0.5) is 0 Å². The Morgan fingerprint density at radius 1 is 1.10 bits per heavy atom. The molecule has 0 fully saturated rings. The zero-order valence-corrected chi connectivity index (χ0v) is 17.2. The Morgan fingerprint density at radius 2 is 1.90 bits per heavy atom. The van der Waals surface area contributed by atoms with Crippen LogP contribution in [-0.4, -0.2) is 51.1 Å². The molecule has 7 nitrogen and oxygen atoms in total. The van der Waals surface area contributed by atoms with Crippen molar-refractivity contribution < 1.29 is 14.3 Å². The minimum absolute atomic E-state index is 0.0597. The summed E-state index contributed by atoms with van der Waals surface area (Å²) in [6.07, 6.45) is 0.895. The van der Waals surface area contributed by atoms with E-state index in [4.69, 9.17) is 9.47 Å². The van der Waals surface area contributed by atoms with Crippen molar-refractivity contribution in [2.45, 2.75) is 19.5 Å². The number of carbonyl (C=O) groups is 1. The van der Waals surface area contributed by atoms with Crippen molar-refractivity contribution in [2.75, 3.05) is 34.4 Å². The minimum atomic E-state index is 0.0597. The maximum absolute atomic E-state index is 12.6. The standard InChI is InChI=1S/C22H28N4O3/c1-23-22(24-13-17-8-9-19(28-2)12-20(17)29-3)25-14-21(27)26-11-10-16-6-4-5-7-18(16)15-26/h4-9,12H,10-11,13-15H2,1-3H3,(H2,23,24,25). The number of fused-ring (bicyclic) bond motifs is 1. The highest BCUT2D eigenvalue weighted by Crippen LogP contribution is 2.24. The van der Waals surface area contributed by atoms with Crippen molar-refractivity contribution in [3.63, 3.8) is 0 Å². The molecule has 2 aromatic carbocycles. The Morgan fingerprint density at radius 3 is 2.62 bits per heavy atom. The highest BCUT2D eigenvalue weighted by molar-refractivity contribution is 5.86. The minimum Gasteiger partial charge on any atom is -0.497 e. The van der Waals surface area contributed by atoms with E-state index in [-0.39, 0.29) is 12.5 Å². The van der Waals surface area contributed by atoms with Gasteiger partial charge in [0.15, 0.2) is 5.96 Å². The van der Waals surface area contributed by atoms with Gasteiger partial charge in [0.05, 0.1) is 20.8 Å². The van der Waals surface area contributed by atoms with E-state index in [2.05, 4.69) is 27.8 Å². The van der Waals surface area contributed by atoms with Crippen LogP contribution >= 0.6 is 0 Å². The predicted octanol–water partition coefficient (Wildman–Crippen LogP) is 1.95. The largest absolute Gasteiger partial charge is 0.497 e. The van der Waals surface area contributed by atoms with E-state index in [0.29, 0.717) is 19.0 Å². The second-order valence-electron chi connectivity index (χ2n) is 6.79. The number of carbonyl (C=O) groups excluding carboxylic acids is 1. The van der Waals surface area contributed by atoms with Crippen molar-refractivity contribution in [3.05, 3.63) is 59.2 Å². The highest BCUT2D eigenvalue weighted by atomic mass is 16.5. The van der Waals surface area contributed by atoms with Gasteiger partial charge in [0.25, 0.3) is 0 Å². The van der Waals surface area contributed by atoms with Gasteiger partial charge in [0.1, 0.15) is 11.5 Å². The molecule has 0 radical (unpaired) electrons. The second kappa shape index (κ2) is 9.82. The average molecular weight is 396 g/mol. The van der Waals surface area contributed by atoms with E-state index in [1.54, 1.807) is 21.3 Å². The number of methoxy groups -OCH3 is 2. The zero-order chi connectivity index (χ0) is 20.6. The van der Waals surface area contributed by atoms with Crippen LogP contribution in [0.15, 0.2) is 47.5 Å². The molecule has 1 aliphatic heterocycles. The van der Waals surface area contributed by atoms with Crippen molar-refractivity contribution in [1.29, 1.82) is 0 Å². The fraction of sp³-hybridized carbons (Fsp3) is 0.364. The molecule has 2 N–H and O–H groups in total. The molecule has 1 aliphatic rings. The monoisotopic (exact) mass is 396 g/mol. The molecule has 0 saturated carbocycles. The molecule has 1 heterocycles. The molecule has 0 spiro atoms. The number of nitrogens with zero attached hydrogens (tertiary/aromatic N) is 2. The third kappa shape index (κ3) is 5.19. The Kier molecular flexibility index (Phi) is 6.94. The number of aliphatic imine (C=N–C) groups is 1. The third-order valence-electron chi connectivity index (χ3n) is 5.05. The van der Waals surface area contributed by atoms with E-state index in [9.17, 15) is 4.79 Å². The molecule has 0 bridgehead atoms. The van der Waals surface area contributed by atoms with Gasteiger partial charge in [-0.2, -0.15) is 0 Å². The molecule has 0 aliphatic carbocycles. The molecule has 7 heteroatoms. The van der Waals surface area contributed by atoms with Crippen LogP contribution in [0, 0.1) is 0 Å². The van der Waals surface area contributed by atoms with Crippen molar-refractivity contribution in [3.8, 4) is 11.5 Å². The predicted molar refractivity (Wildman–Crippen MR) is 113 cm³/mol. The Balaban J connectivity index is 1.51. The van der Waals surface area contributed by atoms with Crippen molar-refractivity contribution in [1.82, 2.24) is 15.5 Å². The first-order valence-electron chi connectivity index (χ1n) is 9.64. The normalized spacial score (nSPS) is 13.5. The number of benzene rings is 2. The summed E-state index contributed by atoms with van der Waals surface area (Å²) in [7, 11) is 4.93. The maximum Gasteiger partial charge on any atom is 0.242 e. The first-order valence-corrected chi connectivity index (χ1v) is 9.64. The van der Waals surface area contributed by atoms with Gasteiger partial charge in [-0.1, -0.05) is 24.3 Å². The Hall–Kier alpha value is -3.22. The fourth-order valence-electron chi connectivity index (χ4n) is 3.38. The van der Waals surface area contributed by atoms with Crippen LogP contribution in [0.1, 0.15) is 16.7 Å². The van der Waals surface area contributed by atoms with Gasteiger partial charge in [-0.3, -0.25) is 9.79 Å². The van der Waals surface area contributed by atoms with Crippen molar-refractivity contribution in [2.24, 2.45) is 4.99 Å². The van der Waals surface area contributed by atoms with Crippen LogP contribution in [0.5, 0.6) is 11.5 Å². The number of hydrogen-bond donors (Lipinski definition) is 2. The van der Waals surface area contributed by atoms with Gasteiger partial charge in [-0.25, -0.2) is 0 Å². The summed E-state index contributed by atoms with van der Waals surface area (Å²) < 4.78 is 10.6. The van der Waals surface area contributed by atoms with Crippen LogP contribution < -0.4 is 20.1 Å². The lowest BCUT2D eigenvalue weighted by molar-refractivity contribution is -0.130. The molecule has 2 aromatic rings. The topological polar surface area (TPSA) is 75.2 Å². The number of ether oxygens (including phenoxy) is 2. The SMILES string of the molecule is CN=C(NCC(=O)N1CCc2ccccc2C1)NCc1ccc(OC)cc1OC. The van der Waals surface area contributed by atoms with Gasteiger partial charge < -0.3 is 25.0 Å². The lowest BCUT2D eigenvalue weighted by Crippen LogP contribution is -2.45. The average Bonchev–Trinajstić information content (AvgIpc) is 2.78. The van der Waals surface area contributed by atoms with Gasteiger partial charge in [0, 0.05) is 38.3 Å². The Labute approximate surface area is 171 Å². The van der Waals surface area contributed by atoms with Gasteiger partial charge in [-0.05, 0) is 29.7 Å². The van der Waals surface area contributed by atoms with E-state index in [1.807, 2.05) is 35.2 Å². The zero-order valence-electron chi connectivity index (χ0n) is 17.2. The molecule has 29 heavy (non-hydrogen) atoms. The molecular weight excluding hydrogens is 368 g/mol. The summed E-state index contributed by atoms with van der Waals surface area (Å²) in [5.74, 6) is 2.09. The molecule has 0 aromatic heterocycles. The van der Waals surface area contributed by atoms with E-state index in [1.165, 1.54) is 11.1 Å². The summed E-state index contributed by atoms with van der Waals surface area (Å²) in [5, 5.41) is 6.32. The van der Waals surface area contributed by atoms with Gasteiger partial charge in [-0.15, -0.1) is 0 Å². The van der Waals surface area contributed by atoms with Crippen LogP contribution in [0.3, 0.4) is 0 Å². The summed E-state index contributed by atoms with van der Waals surface area (Å²) in [6, 6.07) is 13.9. The molecule has 154 valence electrons. The molecule has 0 atom stereocenters. The molecule has 0 unspecified atom stereocenters. The number of nitrogens with one attached hydrogen (secondary N) is 2. The van der Waals surface area contributed by atoms with Crippen molar-refractivity contribution >= 4 is 11.9 Å². The number of hydrogen-bond acceptors (Lipinski definition) is 4. The maximum atomic E-state index is 12.6. The van der Waals surface area contributed by atoms with E-state index < -0.39 is 0 Å². The first-order chi connectivity index (χ1) is 14.1. The molecule has 3 rings (SSSR count). The number of guanidine groups is 1. The highest BCUT2D eigenvalue weighted by Gasteiger charge is 2.20. The van der Waals surface area contributed by atoms with E-state index in [0.717, 1.165) is 30.0 Å². The fourth-order valence-corrected chi connectivity index (χ4v) is 3.38. The Bertz CT molecular complexity index is 882. The summed E-state index contributed by atoms with van der Waals surface area (Å²) >= 11 is 0.